The molecule has 3 aliphatic rings. The lowest BCUT2D eigenvalue weighted by atomic mass is 9.94. The summed E-state index contributed by atoms with van der Waals surface area (Å²) >= 11 is 0. The number of rotatable bonds is 6. The Kier molecular flexibility index (Phi) is 6.72. The Hall–Kier alpha value is -3.39. The molecule has 3 amide bonds. The van der Waals surface area contributed by atoms with Crippen LogP contribution >= 0.6 is 0 Å². The summed E-state index contributed by atoms with van der Waals surface area (Å²) in [4.78, 5) is 39.9. The van der Waals surface area contributed by atoms with E-state index in [4.69, 9.17) is 9.47 Å². The SMILES string of the molecule is CN1C(=O)c2cc(NC(=O)c3ccccc3)ccc2OC[C@H]2O[C@@H](CC(=O)NCC3CC3)CC[C@H]21. The predicted molar refractivity (Wildman–Crippen MR) is 130 cm³/mol. The summed E-state index contributed by atoms with van der Waals surface area (Å²) in [7, 11) is 1.77. The molecule has 2 N–H and O–H groups in total. The van der Waals surface area contributed by atoms with Gasteiger partial charge in [0.2, 0.25) is 5.91 Å². The van der Waals surface area contributed by atoms with Gasteiger partial charge in [0.05, 0.1) is 24.1 Å². The van der Waals surface area contributed by atoms with Crippen LogP contribution in [0.3, 0.4) is 0 Å². The molecule has 2 aromatic rings. The molecule has 2 aromatic carbocycles. The van der Waals surface area contributed by atoms with Gasteiger partial charge in [-0.15, -0.1) is 0 Å². The quantitative estimate of drug-likeness (QED) is 0.666. The lowest BCUT2D eigenvalue weighted by Crippen LogP contribution is -2.54. The zero-order valence-electron chi connectivity index (χ0n) is 19.9. The Morgan fingerprint density at radius 1 is 1.06 bits per heavy atom. The third-order valence-electron chi connectivity index (χ3n) is 7.00. The lowest BCUT2D eigenvalue weighted by molar-refractivity contribution is -0.134. The number of benzene rings is 2. The van der Waals surface area contributed by atoms with Crippen LogP contribution in [0.1, 0.15) is 52.8 Å². The number of fused-ring (bicyclic) bond motifs is 2. The first-order chi connectivity index (χ1) is 17.0. The summed E-state index contributed by atoms with van der Waals surface area (Å²) < 4.78 is 12.3. The van der Waals surface area contributed by atoms with Crippen molar-refractivity contribution in [3.05, 3.63) is 59.7 Å². The van der Waals surface area contributed by atoms with E-state index >= 15 is 0 Å². The highest BCUT2D eigenvalue weighted by Gasteiger charge is 2.39. The highest BCUT2D eigenvalue weighted by Crippen LogP contribution is 2.33. The Labute approximate surface area is 205 Å². The van der Waals surface area contributed by atoms with Gasteiger partial charge in [-0.2, -0.15) is 0 Å². The van der Waals surface area contributed by atoms with Gasteiger partial charge in [-0.05, 0) is 61.9 Å². The van der Waals surface area contributed by atoms with Crippen molar-refractivity contribution < 1.29 is 23.9 Å². The van der Waals surface area contributed by atoms with Crippen molar-refractivity contribution in [2.45, 2.75) is 50.4 Å². The fourth-order valence-electron chi connectivity index (χ4n) is 4.76. The summed E-state index contributed by atoms with van der Waals surface area (Å²) in [5, 5.41) is 5.85. The molecular formula is C27H31N3O5. The van der Waals surface area contributed by atoms with E-state index < -0.39 is 0 Å². The molecule has 1 aliphatic carbocycles. The molecule has 8 heteroatoms. The van der Waals surface area contributed by atoms with E-state index in [0.717, 1.165) is 13.0 Å². The second kappa shape index (κ2) is 10.1. The normalized spacial score (nSPS) is 23.7. The Balaban J connectivity index is 1.25. The maximum absolute atomic E-state index is 13.4. The number of carbonyl (C=O) groups is 3. The van der Waals surface area contributed by atoms with Crippen LogP contribution in [0.25, 0.3) is 0 Å². The first-order valence-corrected chi connectivity index (χ1v) is 12.3. The average molecular weight is 478 g/mol. The van der Waals surface area contributed by atoms with Crippen molar-refractivity contribution in [3.8, 4) is 5.75 Å². The minimum atomic E-state index is -0.315. The Bertz CT molecular complexity index is 1100. The molecule has 0 spiro atoms. The van der Waals surface area contributed by atoms with Crippen molar-refractivity contribution in [2.24, 2.45) is 5.92 Å². The summed E-state index contributed by atoms with van der Waals surface area (Å²) in [6.45, 7) is 1.04. The van der Waals surface area contributed by atoms with Gasteiger partial charge in [-0.1, -0.05) is 18.2 Å². The summed E-state index contributed by atoms with van der Waals surface area (Å²) in [6.07, 6.45) is 3.66. The van der Waals surface area contributed by atoms with Gasteiger partial charge in [0.15, 0.2) is 0 Å². The third-order valence-corrected chi connectivity index (χ3v) is 7.00. The van der Waals surface area contributed by atoms with Crippen molar-refractivity contribution >= 4 is 23.4 Å². The second-order valence-corrected chi connectivity index (χ2v) is 9.65. The molecule has 0 unspecified atom stereocenters. The maximum atomic E-state index is 13.4. The topological polar surface area (TPSA) is 97.0 Å². The van der Waals surface area contributed by atoms with Gasteiger partial charge in [0.1, 0.15) is 18.5 Å². The zero-order chi connectivity index (χ0) is 24.4. The van der Waals surface area contributed by atoms with Gasteiger partial charge in [-0.3, -0.25) is 14.4 Å². The molecule has 2 aliphatic heterocycles. The van der Waals surface area contributed by atoms with Crippen molar-refractivity contribution in [1.29, 1.82) is 0 Å². The van der Waals surface area contributed by atoms with Gasteiger partial charge >= 0.3 is 0 Å². The molecule has 1 saturated carbocycles. The van der Waals surface area contributed by atoms with Gasteiger partial charge in [-0.25, -0.2) is 0 Å². The molecule has 3 atom stereocenters. The number of hydrogen-bond donors (Lipinski definition) is 2. The van der Waals surface area contributed by atoms with Gasteiger partial charge < -0.3 is 25.0 Å². The molecule has 5 rings (SSSR count). The number of nitrogens with one attached hydrogen (secondary N) is 2. The highest BCUT2D eigenvalue weighted by atomic mass is 16.5. The summed E-state index contributed by atoms with van der Waals surface area (Å²) in [6, 6.07) is 13.9. The van der Waals surface area contributed by atoms with Crippen molar-refractivity contribution in [3.63, 3.8) is 0 Å². The largest absolute Gasteiger partial charge is 0.490 e. The fourth-order valence-corrected chi connectivity index (χ4v) is 4.76. The molecular weight excluding hydrogens is 446 g/mol. The first-order valence-electron chi connectivity index (χ1n) is 12.3. The average Bonchev–Trinajstić information content (AvgIpc) is 3.70. The number of carbonyl (C=O) groups excluding carboxylic acids is 3. The molecule has 0 aromatic heterocycles. The maximum Gasteiger partial charge on any atom is 0.257 e. The van der Waals surface area contributed by atoms with E-state index in [-0.39, 0.29) is 42.6 Å². The van der Waals surface area contributed by atoms with E-state index in [1.165, 1.54) is 12.8 Å². The number of ether oxygens (including phenoxy) is 2. The summed E-state index contributed by atoms with van der Waals surface area (Å²) in [5.74, 6) is 0.681. The monoisotopic (exact) mass is 477 g/mol. The number of likely N-dealkylation sites (N-methyl/N-ethyl adjacent to an activating group) is 1. The first kappa shape index (κ1) is 23.4. The van der Waals surface area contributed by atoms with Crippen molar-refractivity contribution in [2.75, 3.05) is 25.5 Å². The van der Waals surface area contributed by atoms with E-state index in [9.17, 15) is 14.4 Å². The van der Waals surface area contributed by atoms with Gasteiger partial charge in [0.25, 0.3) is 11.8 Å². The Morgan fingerprint density at radius 3 is 2.63 bits per heavy atom. The standard InChI is InChI=1S/C27H31N3O5/c1-30-22-11-10-20(14-25(31)28-15-17-7-8-17)35-24(22)16-34-23-12-9-19(13-21(23)27(30)33)29-26(32)18-5-3-2-4-6-18/h2-6,9,12-13,17,20,22,24H,7-8,10-11,14-16H2,1H3,(H,28,31)(H,29,32)/t20-,22-,24-/m1/s1. The van der Waals surface area contributed by atoms with E-state index in [0.29, 0.717) is 41.3 Å². The molecule has 35 heavy (non-hydrogen) atoms. The molecule has 2 fully saturated rings. The van der Waals surface area contributed by atoms with E-state index in [1.54, 1.807) is 54.4 Å². The Morgan fingerprint density at radius 2 is 1.86 bits per heavy atom. The van der Waals surface area contributed by atoms with E-state index in [2.05, 4.69) is 10.6 Å². The van der Waals surface area contributed by atoms with Crippen LogP contribution < -0.4 is 15.4 Å². The molecule has 8 nitrogen and oxygen atoms in total. The lowest BCUT2D eigenvalue weighted by Gasteiger charge is -2.42. The smallest absolute Gasteiger partial charge is 0.257 e. The molecule has 0 bridgehead atoms. The number of hydrogen-bond acceptors (Lipinski definition) is 5. The number of anilines is 1. The molecule has 0 radical (unpaired) electrons. The third kappa shape index (κ3) is 5.48. The van der Waals surface area contributed by atoms with Crippen molar-refractivity contribution in [1.82, 2.24) is 10.2 Å². The minimum absolute atomic E-state index is 0.0203. The zero-order valence-corrected chi connectivity index (χ0v) is 19.9. The molecule has 2 heterocycles. The van der Waals surface area contributed by atoms with Crippen LogP contribution in [-0.4, -0.2) is 61.1 Å². The van der Waals surface area contributed by atoms with Crippen LogP contribution in [-0.2, 0) is 9.53 Å². The van der Waals surface area contributed by atoms with Crippen LogP contribution in [0, 0.1) is 5.92 Å². The van der Waals surface area contributed by atoms with Gasteiger partial charge in [0, 0.05) is 24.8 Å². The number of amides is 3. The number of nitrogens with zero attached hydrogens (tertiary/aromatic N) is 1. The van der Waals surface area contributed by atoms with E-state index in [1.807, 2.05) is 6.07 Å². The predicted octanol–water partition coefficient (Wildman–Crippen LogP) is 3.24. The van der Waals surface area contributed by atoms with Crippen LogP contribution in [0.2, 0.25) is 0 Å². The van der Waals surface area contributed by atoms with Crippen LogP contribution in [0.15, 0.2) is 48.5 Å². The highest BCUT2D eigenvalue weighted by molar-refractivity contribution is 6.05. The molecule has 1 saturated heterocycles. The van der Waals surface area contributed by atoms with Crippen LogP contribution in [0.4, 0.5) is 5.69 Å². The fraction of sp³-hybridized carbons (Fsp3) is 0.444. The minimum Gasteiger partial charge on any atom is -0.490 e. The second-order valence-electron chi connectivity index (χ2n) is 9.65. The molecule has 184 valence electrons. The van der Waals surface area contributed by atoms with Crippen LogP contribution in [0.5, 0.6) is 5.75 Å². The summed E-state index contributed by atoms with van der Waals surface area (Å²) in [5.41, 5.74) is 1.47.